The van der Waals surface area contributed by atoms with Gasteiger partial charge in [0.15, 0.2) is 5.13 Å². The predicted molar refractivity (Wildman–Crippen MR) is 97.8 cm³/mol. The van der Waals surface area contributed by atoms with Crippen molar-refractivity contribution in [1.82, 2.24) is 15.2 Å². The van der Waals surface area contributed by atoms with Gasteiger partial charge in [0.25, 0.3) is 0 Å². The number of hydrogen-bond acceptors (Lipinski definition) is 5. The van der Waals surface area contributed by atoms with E-state index in [4.69, 9.17) is 23.2 Å². The zero-order chi connectivity index (χ0) is 17.7. The van der Waals surface area contributed by atoms with E-state index in [-0.39, 0.29) is 24.9 Å². The quantitative estimate of drug-likeness (QED) is 0.800. The summed E-state index contributed by atoms with van der Waals surface area (Å²) in [6.07, 6.45) is 0. The van der Waals surface area contributed by atoms with Crippen LogP contribution in [0, 0.1) is 0 Å². The highest BCUT2D eigenvalue weighted by Crippen LogP contribution is 2.32. The summed E-state index contributed by atoms with van der Waals surface area (Å²) >= 11 is 13.3. The lowest BCUT2D eigenvalue weighted by Gasteiger charge is -2.14. The van der Waals surface area contributed by atoms with E-state index in [1.807, 2.05) is 0 Å². The van der Waals surface area contributed by atoms with Gasteiger partial charge in [-0.3, -0.25) is 14.5 Å². The molecule has 0 spiro atoms. The highest BCUT2D eigenvalue weighted by atomic mass is 35.5. The van der Waals surface area contributed by atoms with E-state index in [1.54, 1.807) is 42.6 Å². The molecule has 6 nitrogen and oxygen atoms in total. The summed E-state index contributed by atoms with van der Waals surface area (Å²) in [5.41, 5.74) is 1.41. The number of nitrogens with one attached hydrogen (secondary N) is 2. The maximum absolute atomic E-state index is 12.0. The lowest BCUT2D eigenvalue weighted by atomic mass is 10.2. The normalized spacial score (nSPS) is 10.7. The Morgan fingerprint density at radius 1 is 1.25 bits per heavy atom. The van der Waals surface area contributed by atoms with Gasteiger partial charge in [-0.1, -0.05) is 23.2 Å². The van der Waals surface area contributed by atoms with Gasteiger partial charge >= 0.3 is 0 Å². The van der Waals surface area contributed by atoms with Crippen LogP contribution in [0.1, 0.15) is 0 Å². The van der Waals surface area contributed by atoms with Crippen molar-refractivity contribution in [1.29, 1.82) is 0 Å². The number of likely N-dealkylation sites (N-methyl/N-ethyl adjacent to an activating group) is 2. The minimum Gasteiger partial charge on any atom is -0.358 e. The Balaban J connectivity index is 1.98. The van der Waals surface area contributed by atoms with Gasteiger partial charge in [-0.2, -0.15) is 0 Å². The molecule has 0 radical (unpaired) electrons. The molecule has 0 aliphatic heterocycles. The maximum Gasteiger partial charge on any atom is 0.240 e. The summed E-state index contributed by atoms with van der Waals surface area (Å²) in [7, 11) is 3.24. The molecule has 2 N–H and O–H groups in total. The predicted octanol–water partition coefficient (Wildman–Crippen LogP) is 2.73. The first-order valence-electron chi connectivity index (χ1n) is 6.99. The van der Waals surface area contributed by atoms with E-state index in [9.17, 15) is 9.59 Å². The van der Waals surface area contributed by atoms with Crippen LogP contribution < -0.4 is 10.6 Å². The molecule has 128 valence electrons. The standard InChI is InChI=1S/C15H16Cl2N4O2S/c1-18-13(22)6-21(2)7-14(23)20-15-19-12(8-24-15)10-4-3-9(16)5-11(10)17/h3-5,8H,6-7H2,1-2H3,(H,18,22)(H,19,20,23). The Morgan fingerprint density at radius 3 is 2.62 bits per heavy atom. The Hall–Kier alpha value is -1.67. The van der Waals surface area contributed by atoms with Crippen LogP contribution in [-0.4, -0.2) is 48.9 Å². The highest BCUT2D eigenvalue weighted by Gasteiger charge is 2.13. The molecule has 2 amide bonds. The SMILES string of the molecule is CNC(=O)CN(C)CC(=O)Nc1nc(-c2ccc(Cl)cc2Cl)cs1. The Morgan fingerprint density at radius 2 is 1.96 bits per heavy atom. The average Bonchev–Trinajstić information content (AvgIpc) is 2.94. The van der Waals surface area contributed by atoms with E-state index in [0.29, 0.717) is 20.9 Å². The molecule has 2 rings (SSSR count). The van der Waals surface area contributed by atoms with Crippen LogP contribution in [0.3, 0.4) is 0 Å². The van der Waals surface area contributed by atoms with Crippen molar-refractivity contribution in [2.75, 3.05) is 32.5 Å². The van der Waals surface area contributed by atoms with Gasteiger partial charge in [0.05, 0.1) is 23.8 Å². The van der Waals surface area contributed by atoms with Crippen LogP contribution in [-0.2, 0) is 9.59 Å². The zero-order valence-corrected chi connectivity index (χ0v) is 15.4. The number of nitrogens with zero attached hydrogens (tertiary/aromatic N) is 2. The second kappa shape index (κ2) is 8.43. The first-order chi connectivity index (χ1) is 11.4. The Bertz CT molecular complexity index is 751. The Kier molecular flexibility index (Phi) is 6.56. The summed E-state index contributed by atoms with van der Waals surface area (Å²) < 4.78 is 0. The van der Waals surface area contributed by atoms with E-state index in [1.165, 1.54) is 11.3 Å². The van der Waals surface area contributed by atoms with E-state index < -0.39 is 0 Å². The number of aromatic nitrogens is 1. The highest BCUT2D eigenvalue weighted by molar-refractivity contribution is 7.14. The topological polar surface area (TPSA) is 74.3 Å². The summed E-state index contributed by atoms with van der Waals surface area (Å²) in [4.78, 5) is 29.2. The summed E-state index contributed by atoms with van der Waals surface area (Å²) in [6.45, 7) is 0.234. The fourth-order valence-electron chi connectivity index (χ4n) is 1.94. The van der Waals surface area contributed by atoms with Crippen LogP contribution in [0.15, 0.2) is 23.6 Å². The molecule has 0 aliphatic rings. The van der Waals surface area contributed by atoms with Crippen LogP contribution >= 0.6 is 34.5 Å². The van der Waals surface area contributed by atoms with Crippen molar-refractivity contribution >= 4 is 51.5 Å². The summed E-state index contributed by atoms with van der Waals surface area (Å²) in [5.74, 6) is -0.399. The van der Waals surface area contributed by atoms with Crippen molar-refractivity contribution in [3.8, 4) is 11.3 Å². The van der Waals surface area contributed by atoms with E-state index in [2.05, 4.69) is 15.6 Å². The molecule has 0 fully saturated rings. The number of hydrogen-bond donors (Lipinski definition) is 2. The third-order valence-corrected chi connectivity index (χ3v) is 4.37. The molecule has 1 heterocycles. The number of rotatable bonds is 6. The number of benzene rings is 1. The molecule has 24 heavy (non-hydrogen) atoms. The van der Waals surface area contributed by atoms with Crippen molar-refractivity contribution < 1.29 is 9.59 Å². The second-order valence-electron chi connectivity index (χ2n) is 5.06. The third-order valence-electron chi connectivity index (χ3n) is 3.06. The second-order valence-corrected chi connectivity index (χ2v) is 6.76. The zero-order valence-electron chi connectivity index (χ0n) is 13.1. The lowest BCUT2D eigenvalue weighted by Crippen LogP contribution is -2.37. The largest absolute Gasteiger partial charge is 0.358 e. The van der Waals surface area contributed by atoms with Crippen molar-refractivity contribution in [2.24, 2.45) is 0 Å². The molecule has 2 aromatic rings. The molecule has 0 aliphatic carbocycles. The van der Waals surface area contributed by atoms with Crippen molar-refractivity contribution in [3.63, 3.8) is 0 Å². The first-order valence-corrected chi connectivity index (χ1v) is 8.62. The summed E-state index contributed by atoms with van der Waals surface area (Å²) in [5, 5.41) is 8.53. The van der Waals surface area contributed by atoms with E-state index in [0.717, 1.165) is 5.56 Å². The molecule has 1 aromatic heterocycles. The van der Waals surface area contributed by atoms with Gasteiger partial charge < -0.3 is 10.6 Å². The van der Waals surface area contributed by atoms with Crippen LogP contribution in [0.5, 0.6) is 0 Å². The van der Waals surface area contributed by atoms with E-state index >= 15 is 0 Å². The molecule has 0 saturated heterocycles. The minimum atomic E-state index is -0.246. The van der Waals surface area contributed by atoms with Gasteiger partial charge in [-0.15, -0.1) is 11.3 Å². The number of amides is 2. The van der Waals surface area contributed by atoms with Crippen molar-refractivity contribution in [3.05, 3.63) is 33.6 Å². The van der Waals surface area contributed by atoms with Crippen LogP contribution in [0.25, 0.3) is 11.3 Å². The van der Waals surface area contributed by atoms with Gasteiger partial charge in [0, 0.05) is 23.0 Å². The Labute approximate surface area is 153 Å². The third kappa shape index (κ3) is 5.17. The molecule has 9 heteroatoms. The summed E-state index contributed by atoms with van der Waals surface area (Å²) in [6, 6.07) is 5.15. The van der Waals surface area contributed by atoms with Gasteiger partial charge in [-0.05, 0) is 25.2 Å². The van der Waals surface area contributed by atoms with Gasteiger partial charge in [0.1, 0.15) is 0 Å². The van der Waals surface area contributed by atoms with Crippen LogP contribution in [0.2, 0.25) is 10.0 Å². The van der Waals surface area contributed by atoms with Crippen LogP contribution in [0.4, 0.5) is 5.13 Å². The first kappa shape index (κ1) is 18.7. The fourth-order valence-corrected chi connectivity index (χ4v) is 3.17. The lowest BCUT2D eigenvalue weighted by molar-refractivity contribution is -0.122. The van der Waals surface area contributed by atoms with Gasteiger partial charge in [-0.25, -0.2) is 4.98 Å². The van der Waals surface area contributed by atoms with Crippen molar-refractivity contribution in [2.45, 2.75) is 0 Å². The number of thiazole rings is 1. The molecule has 0 saturated carbocycles. The number of carbonyl (C=O) groups excluding carboxylic acids is 2. The molecule has 1 aromatic carbocycles. The smallest absolute Gasteiger partial charge is 0.240 e. The fraction of sp³-hybridized carbons (Fsp3) is 0.267. The maximum atomic E-state index is 12.0. The molecule has 0 unspecified atom stereocenters. The van der Waals surface area contributed by atoms with Gasteiger partial charge in [0.2, 0.25) is 11.8 Å². The number of carbonyl (C=O) groups is 2. The monoisotopic (exact) mass is 386 g/mol. The molecular weight excluding hydrogens is 371 g/mol. The molecule has 0 bridgehead atoms. The average molecular weight is 387 g/mol. The minimum absolute atomic E-state index is 0.0873. The molecular formula is C15H16Cl2N4O2S. The molecule has 0 atom stereocenters. The number of halogens is 2. The number of anilines is 1.